The highest BCUT2D eigenvalue weighted by molar-refractivity contribution is 9.10. The Morgan fingerprint density at radius 3 is 2.65 bits per heavy atom. The molecule has 1 atom stereocenters. The maximum Gasteiger partial charge on any atom is 0.251 e. The third-order valence-electron chi connectivity index (χ3n) is 2.15. The number of carbonyl (C=O) groups excluding carboxylic acids is 2. The summed E-state index contributed by atoms with van der Waals surface area (Å²) in [5.74, 6) is -0.712. The second-order valence-corrected chi connectivity index (χ2v) is 4.64. The van der Waals surface area contributed by atoms with E-state index in [1.54, 1.807) is 25.1 Å². The van der Waals surface area contributed by atoms with Gasteiger partial charge in [-0.15, -0.1) is 0 Å². The summed E-state index contributed by atoms with van der Waals surface area (Å²) in [5, 5.41) is 2.67. The van der Waals surface area contributed by atoms with Crippen molar-refractivity contribution < 1.29 is 9.59 Å². The lowest BCUT2D eigenvalue weighted by Crippen LogP contribution is -2.35. The highest BCUT2D eigenvalue weighted by Gasteiger charge is 2.12. The van der Waals surface area contributed by atoms with Crippen LogP contribution in [0.15, 0.2) is 22.7 Å². The summed E-state index contributed by atoms with van der Waals surface area (Å²) in [5.41, 5.74) is 11.7. The molecule has 1 aromatic rings. The zero-order valence-corrected chi connectivity index (χ0v) is 11.0. The first-order valence-corrected chi connectivity index (χ1v) is 5.83. The van der Waals surface area contributed by atoms with Gasteiger partial charge in [-0.1, -0.05) is 0 Å². The van der Waals surface area contributed by atoms with Crippen LogP contribution in [0.2, 0.25) is 0 Å². The molecule has 0 aromatic heterocycles. The lowest BCUT2D eigenvalue weighted by molar-refractivity contribution is -0.118. The molecule has 1 aromatic carbocycles. The van der Waals surface area contributed by atoms with E-state index in [9.17, 15) is 9.59 Å². The van der Waals surface area contributed by atoms with Crippen LogP contribution in [0, 0.1) is 0 Å². The summed E-state index contributed by atoms with van der Waals surface area (Å²) < 4.78 is 0.660. The largest absolute Gasteiger partial charge is 0.398 e. The van der Waals surface area contributed by atoms with Crippen LogP contribution in [-0.2, 0) is 4.79 Å². The van der Waals surface area contributed by atoms with E-state index < -0.39 is 5.91 Å². The second-order valence-electron chi connectivity index (χ2n) is 3.78. The molecule has 0 saturated heterocycles. The van der Waals surface area contributed by atoms with Crippen molar-refractivity contribution in [2.45, 2.75) is 19.4 Å². The number of nitrogens with one attached hydrogen (secondary N) is 1. The number of primary amides is 1. The Morgan fingerprint density at radius 1 is 1.47 bits per heavy atom. The predicted molar refractivity (Wildman–Crippen MR) is 69.3 cm³/mol. The van der Waals surface area contributed by atoms with Gasteiger partial charge in [0, 0.05) is 28.2 Å². The molecule has 0 radical (unpaired) electrons. The van der Waals surface area contributed by atoms with Gasteiger partial charge in [-0.2, -0.15) is 0 Å². The average Bonchev–Trinajstić information content (AvgIpc) is 2.20. The molecule has 0 bridgehead atoms. The Morgan fingerprint density at radius 2 is 2.12 bits per heavy atom. The number of carbonyl (C=O) groups is 2. The van der Waals surface area contributed by atoms with Crippen molar-refractivity contribution in [1.82, 2.24) is 5.32 Å². The van der Waals surface area contributed by atoms with Crippen molar-refractivity contribution in [3.8, 4) is 0 Å². The molecule has 0 aliphatic rings. The van der Waals surface area contributed by atoms with Gasteiger partial charge < -0.3 is 16.8 Å². The minimum absolute atomic E-state index is 0.113. The molecule has 6 heteroatoms. The number of nitrogen functional groups attached to an aromatic ring is 1. The molecule has 2 amide bonds. The first kappa shape index (κ1) is 13.5. The van der Waals surface area contributed by atoms with E-state index in [0.29, 0.717) is 15.7 Å². The Bertz CT molecular complexity index is 448. The Hall–Kier alpha value is -1.56. The van der Waals surface area contributed by atoms with E-state index in [-0.39, 0.29) is 18.4 Å². The minimum atomic E-state index is -0.448. The smallest absolute Gasteiger partial charge is 0.251 e. The lowest BCUT2D eigenvalue weighted by atomic mass is 10.1. The molecule has 0 aliphatic heterocycles. The van der Waals surface area contributed by atoms with Crippen molar-refractivity contribution >= 4 is 33.4 Å². The number of rotatable bonds is 4. The van der Waals surface area contributed by atoms with Gasteiger partial charge in [-0.05, 0) is 41.1 Å². The van der Waals surface area contributed by atoms with Crippen molar-refractivity contribution in [2.75, 3.05) is 5.73 Å². The normalized spacial score (nSPS) is 11.9. The first-order chi connectivity index (χ1) is 7.90. The fourth-order valence-corrected chi connectivity index (χ4v) is 1.71. The number of amides is 2. The monoisotopic (exact) mass is 299 g/mol. The number of nitrogens with two attached hydrogens (primary N) is 2. The minimum Gasteiger partial charge on any atom is -0.398 e. The lowest BCUT2D eigenvalue weighted by Gasteiger charge is -2.12. The summed E-state index contributed by atoms with van der Waals surface area (Å²) in [6, 6.07) is 4.59. The zero-order valence-electron chi connectivity index (χ0n) is 9.37. The molecule has 5 N–H and O–H groups in total. The van der Waals surface area contributed by atoms with Crippen LogP contribution >= 0.6 is 15.9 Å². The number of benzene rings is 1. The van der Waals surface area contributed by atoms with Gasteiger partial charge in [0.1, 0.15) is 0 Å². The maximum atomic E-state index is 11.8. The number of hydrogen-bond donors (Lipinski definition) is 3. The summed E-state index contributed by atoms with van der Waals surface area (Å²) in [6.45, 7) is 1.72. The van der Waals surface area contributed by atoms with Crippen LogP contribution in [0.25, 0.3) is 0 Å². The molecule has 17 heavy (non-hydrogen) atoms. The molecule has 0 heterocycles. The molecule has 0 fully saturated rings. The van der Waals surface area contributed by atoms with Crippen LogP contribution in [0.4, 0.5) is 5.69 Å². The highest BCUT2D eigenvalue weighted by Crippen LogP contribution is 2.20. The summed E-state index contributed by atoms with van der Waals surface area (Å²) in [4.78, 5) is 22.4. The Labute approximate surface area is 108 Å². The van der Waals surface area contributed by atoms with Gasteiger partial charge in [-0.3, -0.25) is 9.59 Å². The third kappa shape index (κ3) is 4.07. The summed E-state index contributed by atoms with van der Waals surface area (Å²) in [6.07, 6.45) is 0.113. The standard InChI is InChI=1S/C11H14BrN3O2/c1-6(4-10(14)16)15-11(17)7-2-3-9(13)8(12)5-7/h2-3,5-6H,4,13H2,1H3,(H2,14,16)(H,15,17). The third-order valence-corrected chi connectivity index (χ3v) is 2.83. The van der Waals surface area contributed by atoms with E-state index in [2.05, 4.69) is 21.2 Å². The Balaban J connectivity index is 2.70. The Kier molecular flexibility index (Phi) is 4.51. The molecule has 0 spiro atoms. The van der Waals surface area contributed by atoms with Gasteiger partial charge >= 0.3 is 0 Å². The van der Waals surface area contributed by atoms with Gasteiger partial charge in [0.15, 0.2) is 0 Å². The van der Waals surface area contributed by atoms with Gasteiger partial charge in [0.25, 0.3) is 5.91 Å². The van der Waals surface area contributed by atoms with Crippen LogP contribution in [-0.4, -0.2) is 17.9 Å². The van der Waals surface area contributed by atoms with Gasteiger partial charge in [0.2, 0.25) is 5.91 Å². The van der Waals surface area contributed by atoms with E-state index in [4.69, 9.17) is 11.5 Å². The van der Waals surface area contributed by atoms with Crippen molar-refractivity contribution in [2.24, 2.45) is 5.73 Å². The van der Waals surface area contributed by atoms with Crippen LogP contribution in [0.1, 0.15) is 23.7 Å². The average molecular weight is 300 g/mol. The van der Waals surface area contributed by atoms with Crippen molar-refractivity contribution in [3.05, 3.63) is 28.2 Å². The first-order valence-electron chi connectivity index (χ1n) is 5.04. The van der Waals surface area contributed by atoms with E-state index in [1.165, 1.54) is 0 Å². The van der Waals surface area contributed by atoms with Gasteiger partial charge in [-0.25, -0.2) is 0 Å². The maximum absolute atomic E-state index is 11.8. The van der Waals surface area contributed by atoms with Gasteiger partial charge in [0.05, 0.1) is 0 Å². The van der Waals surface area contributed by atoms with Crippen molar-refractivity contribution in [3.63, 3.8) is 0 Å². The van der Waals surface area contributed by atoms with Crippen LogP contribution in [0.5, 0.6) is 0 Å². The predicted octanol–water partition coefficient (Wildman–Crippen LogP) is 1.02. The SMILES string of the molecule is CC(CC(N)=O)NC(=O)c1ccc(N)c(Br)c1. The zero-order chi connectivity index (χ0) is 13.0. The molecule has 0 aliphatic carbocycles. The second kappa shape index (κ2) is 5.67. The molecular formula is C11H14BrN3O2. The van der Waals surface area contributed by atoms with Crippen LogP contribution in [0.3, 0.4) is 0 Å². The quantitative estimate of drug-likeness (QED) is 0.724. The van der Waals surface area contributed by atoms with E-state index in [1.807, 2.05) is 0 Å². The van der Waals surface area contributed by atoms with E-state index in [0.717, 1.165) is 0 Å². The molecule has 1 unspecified atom stereocenters. The summed E-state index contributed by atoms with van der Waals surface area (Å²) in [7, 11) is 0. The molecule has 1 rings (SSSR count). The topological polar surface area (TPSA) is 98.2 Å². The molecule has 0 saturated carbocycles. The fraction of sp³-hybridized carbons (Fsp3) is 0.273. The highest BCUT2D eigenvalue weighted by atomic mass is 79.9. The van der Waals surface area contributed by atoms with Crippen LogP contribution < -0.4 is 16.8 Å². The van der Waals surface area contributed by atoms with E-state index >= 15 is 0 Å². The molecule has 5 nitrogen and oxygen atoms in total. The summed E-state index contributed by atoms with van der Waals surface area (Å²) >= 11 is 3.24. The fourth-order valence-electron chi connectivity index (χ4n) is 1.33. The number of anilines is 1. The molecular weight excluding hydrogens is 286 g/mol. The van der Waals surface area contributed by atoms with Crippen molar-refractivity contribution in [1.29, 1.82) is 0 Å². The number of hydrogen-bond acceptors (Lipinski definition) is 3. The number of halogens is 1. The molecule has 92 valence electrons.